The van der Waals surface area contributed by atoms with Gasteiger partial charge >= 0.3 is 12.1 Å². The zero-order valence-corrected chi connectivity index (χ0v) is 14.8. The van der Waals surface area contributed by atoms with Crippen molar-refractivity contribution >= 4 is 12.1 Å². The summed E-state index contributed by atoms with van der Waals surface area (Å²) in [6.45, 7) is 6.96. The minimum Gasteiger partial charge on any atom is -0.464 e. The van der Waals surface area contributed by atoms with Crippen LogP contribution in [0.4, 0.5) is 13.6 Å². The third kappa shape index (κ3) is 4.67. The van der Waals surface area contributed by atoms with Crippen LogP contribution in [0.3, 0.4) is 0 Å². The Hall–Kier alpha value is -2.18. The van der Waals surface area contributed by atoms with Crippen LogP contribution in [-0.4, -0.2) is 35.2 Å². The number of halogens is 2. The topological polar surface area (TPSA) is 55.8 Å². The van der Waals surface area contributed by atoms with Crippen molar-refractivity contribution in [2.24, 2.45) is 0 Å². The summed E-state index contributed by atoms with van der Waals surface area (Å²) in [6.07, 6.45) is 0.00433. The van der Waals surface area contributed by atoms with Crippen LogP contribution in [0.2, 0.25) is 0 Å². The lowest BCUT2D eigenvalue weighted by Crippen LogP contribution is -2.45. The molecule has 1 fully saturated rings. The van der Waals surface area contributed by atoms with Crippen molar-refractivity contribution in [2.45, 2.75) is 58.2 Å². The molecule has 1 aromatic carbocycles. The van der Waals surface area contributed by atoms with Crippen molar-refractivity contribution in [3.05, 3.63) is 35.4 Å². The number of rotatable bonds is 3. The summed E-state index contributed by atoms with van der Waals surface area (Å²) in [5, 5.41) is 0. The molecule has 0 N–H and O–H groups in total. The van der Waals surface area contributed by atoms with E-state index < -0.39 is 41.4 Å². The minimum atomic E-state index is -0.842. The van der Waals surface area contributed by atoms with Gasteiger partial charge in [0.15, 0.2) is 0 Å². The summed E-state index contributed by atoms with van der Waals surface area (Å²) in [7, 11) is 0. The molecule has 1 saturated heterocycles. The Kier molecular flexibility index (Phi) is 5.65. The Balaban J connectivity index is 2.37. The second-order valence-corrected chi connectivity index (χ2v) is 6.95. The number of hydrogen-bond acceptors (Lipinski definition) is 4. The molecule has 5 nitrogen and oxygen atoms in total. The fraction of sp³-hybridized carbons (Fsp3) is 0.556. The van der Waals surface area contributed by atoms with Crippen molar-refractivity contribution in [3.63, 3.8) is 0 Å². The molecule has 1 amide bonds. The van der Waals surface area contributed by atoms with E-state index in [9.17, 15) is 18.4 Å². The molecule has 138 valence electrons. The van der Waals surface area contributed by atoms with Gasteiger partial charge in [-0.25, -0.2) is 18.4 Å². The molecule has 2 rings (SSSR count). The van der Waals surface area contributed by atoms with Gasteiger partial charge in [0.1, 0.15) is 23.3 Å². The molecule has 0 saturated carbocycles. The molecule has 0 spiro atoms. The zero-order chi connectivity index (χ0) is 18.8. The van der Waals surface area contributed by atoms with E-state index >= 15 is 0 Å². The lowest BCUT2D eigenvalue weighted by atomic mass is 10.0. The number of amides is 1. The molecule has 7 heteroatoms. The third-order valence-electron chi connectivity index (χ3n) is 3.82. The van der Waals surface area contributed by atoms with Crippen LogP contribution >= 0.6 is 0 Å². The highest BCUT2D eigenvalue weighted by molar-refractivity contribution is 5.82. The summed E-state index contributed by atoms with van der Waals surface area (Å²) in [5.41, 5.74) is -0.480. The SMILES string of the molecule is CCOC(=O)[C@H]1CC[C@@H](c2cc(F)cc(F)c2)N1C(=O)OC(C)(C)C. The quantitative estimate of drug-likeness (QED) is 0.770. The molecule has 0 aromatic heterocycles. The first-order valence-electron chi connectivity index (χ1n) is 8.26. The van der Waals surface area contributed by atoms with Crippen LogP contribution in [-0.2, 0) is 14.3 Å². The van der Waals surface area contributed by atoms with E-state index in [2.05, 4.69) is 0 Å². The summed E-state index contributed by atoms with van der Waals surface area (Å²) in [5.74, 6) is -2.02. The molecule has 1 aromatic rings. The van der Waals surface area contributed by atoms with Crippen LogP contribution in [0, 0.1) is 11.6 Å². The maximum absolute atomic E-state index is 13.6. The van der Waals surface area contributed by atoms with E-state index in [1.54, 1.807) is 27.7 Å². The number of nitrogens with zero attached hydrogens (tertiary/aromatic N) is 1. The van der Waals surface area contributed by atoms with Gasteiger partial charge in [-0.15, -0.1) is 0 Å². The van der Waals surface area contributed by atoms with Gasteiger partial charge < -0.3 is 9.47 Å². The first-order valence-corrected chi connectivity index (χ1v) is 8.26. The molecule has 1 aliphatic heterocycles. The van der Waals surface area contributed by atoms with Crippen molar-refractivity contribution in [3.8, 4) is 0 Å². The fourth-order valence-corrected chi connectivity index (χ4v) is 2.94. The van der Waals surface area contributed by atoms with E-state index in [4.69, 9.17) is 9.47 Å². The van der Waals surface area contributed by atoms with Gasteiger partial charge in [-0.3, -0.25) is 4.90 Å². The minimum absolute atomic E-state index is 0.177. The van der Waals surface area contributed by atoms with Gasteiger partial charge in [-0.05, 0) is 58.2 Å². The largest absolute Gasteiger partial charge is 0.464 e. The lowest BCUT2D eigenvalue weighted by molar-refractivity contribution is -0.148. The van der Waals surface area contributed by atoms with E-state index in [1.165, 1.54) is 17.0 Å². The van der Waals surface area contributed by atoms with Gasteiger partial charge in [0.05, 0.1) is 12.6 Å². The highest BCUT2D eigenvalue weighted by atomic mass is 19.1. The second-order valence-electron chi connectivity index (χ2n) is 6.95. The van der Waals surface area contributed by atoms with Gasteiger partial charge in [-0.2, -0.15) is 0 Å². The Bertz CT molecular complexity index is 637. The maximum Gasteiger partial charge on any atom is 0.411 e. The molecule has 0 radical (unpaired) electrons. The Labute approximate surface area is 145 Å². The number of esters is 1. The molecular weight excluding hydrogens is 332 g/mol. The van der Waals surface area contributed by atoms with Gasteiger partial charge in [0, 0.05) is 6.07 Å². The fourth-order valence-electron chi connectivity index (χ4n) is 2.94. The number of carbonyl (C=O) groups is 2. The van der Waals surface area contributed by atoms with Crippen LogP contribution in [0.15, 0.2) is 18.2 Å². The second kappa shape index (κ2) is 7.37. The predicted molar refractivity (Wildman–Crippen MR) is 86.8 cm³/mol. The summed E-state index contributed by atoms with van der Waals surface area (Å²) >= 11 is 0. The van der Waals surface area contributed by atoms with Crippen molar-refractivity contribution in [1.29, 1.82) is 0 Å². The predicted octanol–water partition coefficient (Wildman–Crippen LogP) is 3.97. The molecular formula is C18H23F2NO4. The monoisotopic (exact) mass is 355 g/mol. The summed E-state index contributed by atoms with van der Waals surface area (Å²) in [6, 6.07) is 1.59. The third-order valence-corrected chi connectivity index (χ3v) is 3.82. The lowest BCUT2D eigenvalue weighted by Gasteiger charge is -2.32. The smallest absolute Gasteiger partial charge is 0.411 e. The highest BCUT2D eigenvalue weighted by Gasteiger charge is 2.44. The van der Waals surface area contributed by atoms with Crippen molar-refractivity contribution < 1.29 is 27.8 Å². The summed E-state index contributed by atoms with van der Waals surface area (Å²) < 4.78 is 37.6. The van der Waals surface area contributed by atoms with Crippen LogP contribution in [0.1, 0.15) is 52.1 Å². The van der Waals surface area contributed by atoms with E-state index in [-0.39, 0.29) is 12.2 Å². The number of ether oxygens (including phenoxy) is 2. The standard InChI is InChI=1S/C18H23F2NO4/c1-5-24-16(22)15-7-6-14(11-8-12(19)10-13(20)9-11)21(15)17(23)25-18(2,3)4/h8-10,14-15H,5-7H2,1-4H3/t14-,15+/m0/s1. The molecule has 25 heavy (non-hydrogen) atoms. The average molecular weight is 355 g/mol. The number of benzene rings is 1. The van der Waals surface area contributed by atoms with Crippen molar-refractivity contribution in [2.75, 3.05) is 6.61 Å². The first-order chi connectivity index (χ1) is 11.6. The molecule has 0 aliphatic carbocycles. The van der Waals surface area contributed by atoms with E-state index in [0.29, 0.717) is 12.8 Å². The van der Waals surface area contributed by atoms with E-state index in [0.717, 1.165) is 6.07 Å². The summed E-state index contributed by atoms with van der Waals surface area (Å²) in [4.78, 5) is 26.1. The number of hydrogen-bond donors (Lipinski definition) is 0. The molecule has 2 atom stereocenters. The maximum atomic E-state index is 13.6. The van der Waals surface area contributed by atoms with Gasteiger partial charge in [-0.1, -0.05) is 0 Å². The van der Waals surface area contributed by atoms with Gasteiger partial charge in [0.25, 0.3) is 0 Å². The van der Waals surface area contributed by atoms with Crippen LogP contribution in [0.5, 0.6) is 0 Å². The number of carbonyl (C=O) groups excluding carboxylic acids is 2. The molecule has 0 bridgehead atoms. The molecule has 1 heterocycles. The highest BCUT2D eigenvalue weighted by Crippen LogP contribution is 2.38. The molecule has 0 unspecified atom stereocenters. The Morgan fingerprint density at radius 3 is 2.28 bits per heavy atom. The van der Waals surface area contributed by atoms with Crippen LogP contribution < -0.4 is 0 Å². The van der Waals surface area contributed by atoms with Gasteiger partial charge in [0.2, 0.25) is 0 Å². The molecule has 1 aliphatic rings. The normalized spacial score (nSPS) is 20.5. The first kappa shape index (κ1) is 19.1. The van der Waals surface area contributed by atoms with Crippen molar-refractivity contribution in [1.82, 2.24) is 4.90 Å². The number of likely N-dealkylation sites (tertiary alicyclic amines) is 1. The van der Waals surface area contributed by atoms with Crippen LogP contribution in [0.25, 0.3) is 0 Å². The Morgan fingerprint density at radius 2 is 1.76 bits per heavy atom. The Morgan fingerprint density at radius 1 is 1.16 bits per heavy atom. The van der Waals surface area contributed by atoms with E-state index in [1.807, 2.05) is 0 Å². The zero-order valence-electron chi connectivity index (χ0n) is 14.8. The average Bonchev–Trinajstić information content (AvgIpc) is 2.89.